The van der Waals surface area contributed by atoms with E-state index in [2.05, 4.69) is 0 Å². The Morgan fingerprint density at radius 1 is 0.773 bits per heavy atom. The first kappa shape index (κ1) is 18.1. The van der Waals surface area contributed by atoms with Gasteiger partial charge in [-0.3, -0.25) is 0 Å². The first-order valence-electron chi connectivity index (χ1n) is 5.21. The van der Waals surface area contributed by atoms with E-state index in [0.717, 1.165) is 0 Å². The lowest BCUT2D eigenvalue weighted by molar-refractivity contribution is -0.387. The summed E-state index contributed by atoms with van der Waals surface area (Å²) in [4.78, 5) is 10.7. The van der Waals surface area contributed by atoms with Crippen molar-refractivity contribution in [2.45, 2.75) is 23.9 Å². The zero-order chi connectivity index (χ0) is 17.6. The van der Waals surface area contributed by atoms with Gasteiger partial charge in [-0.25, -0.2) is 4.79 Å². The Labute approximate surface area is 116 Å². The highest BCUT2D eigenvalue weighted by Crippen LogP contribution is 2.60. The summed E-state index contributed by atoms with van der Waals surface area (Å²) in [6.07, 6.45) is -20.6. The normalized spacial score (nSPS) is 14.0. The molecule has 1 rings (SSSR count). The molecule has 1 aromatic carbocycles. The smallest absolute Gasteiger partial charge is 0.416 e. The molecule has 124 valence electrons. The van der Waals surface area contributed by atoms with Gasteiger partial charge in [0.2, 0.25) is 0 Å². The fourth-order valence-corrected chi connectivity index (χ4v) is 1.94. The van der Waals surface area contributed by atoms with Gasteiger partial charge < -0.3 is 5.11 Å². The van der Waals surface area contributed by atoms with Crippen LogP contribution < -0.4 is 0 Å². The molecule has 0 spiro atoms. The lowest BCUT2D eigenvalue weighted by Crippen LogP contribution is -2.63. The summed E-state index contributed by atoms with van der Waals surface area (Å²) in [5.74, 6) is -2.35. The highest BCUT2D eigenvalue weighted by atomic mass is 19.4. The van der Waals surface area contributed by atoms with Gasteiger partial charge in [-0.2, -0.15) is 39.5 Å². The van der Waals surface area contributed by atoms with Crippen LogP contribution >= 0.6 is 0 Å². The Balaban J connectivity index is 4.01. The summed E-state index contributed by atoms with van der Waals surface area (Å²) >= 11 is 0. The Kier molecular flexibility index (Phi) is 4.16. The highest BCUT2D eigenvalue weighted by molar-refractivity contribution is 5.90. The molecule has 0 saturated heterocycles. The van der Waals surface area contributed by atoms with Crippen LogP contribution in [0.4, 0.5) is 39.5 Å². The predicted molar refractivity (Wildman–Crippen MR) is 53.2 cm³/mol. The van der Waals surface area contributed by atoms with E-state index in [4.69, 9.17) is 5.11 Å². The zero-order valence-electron chi connectivity index (χ0n) is 10.1. The molecule has 0 aliphatic heterocycles. The number of carboxylic acids is 1. The molecule has 0 aliphatic rings. The molecule has 0 aliphatic carbocycles. The van der Waals surface area contributed by atoms with Crippen LogP contribution in [-0.4, -0.2) is 29.6 Å². The summed E-state index contributed by atoms with van der Waals surface area (Å²) in [5.41, 5.74) is -10.5. The number of hydrogen-bond acceptors (Lipinski definition) is 1. The second-order valence-corrected chi connectivity index (χ2v) is 4.09. The average molecular weight is 340 g/mol. The standard InChI is InChI=1S/C11H5F9O2/c12-9(13,14)8(10(15,16)17,11(18,19)20)6-4-2-1-3-5(6)7(21)22/h1-4H,(H,21,22). The monoisotopic (exact) mass is 340 g/mol. The van der Waals surface area contributed by atoms with Crippen LogP contribution in [0.25, 0.3) is 0 Å². The molecule has 1 aromatic rings. The van der Waals surface area contributed by atoms with Crippen LogP contribution in [-0.2, 0) is 5.41 Å². The third kappa shape index (κ3) is 2.48. The molecule has 0 radical (unpaired) electrons. The number of rotatable bonds is 2. The SMILES string of the molecule is O=C(O)c1ccccc1C(C(F)(F)F)(C(F)(F)F)C(F)(F)F. The summed E-state index contributed by atoms with van der Waals surface area (Å²) in [5, 5.41) is 8.62. The minimum Gasteiger partial charge on any atom is -0.478 e. The lowest BCUT2D eigenvalue weighted by atomic mass is 9.75. The van der Waals surface area contributed by atoms with E-state index < -0.39 is 41.0 Å². The van der Waals surface area contributed by atoms with Gasteiger partial charge >= 0.3 is 24.5 Å². The number of carbonyl (C=O) groups is 1. The molecule has 11 heteroatoms. The minimum absolute atomic E-state index is 0.155. The molecular formula is C11H5F9O2. The van der Waals surface area contributed by atoms with Gasteiger partial charge in [-0.15, -0.1) is 0 Å². The van der Waals surface area contributed by atoms with Gasteiger partial charge in [0.05, 0.1) is 5.56 Å². The quantitative estimate of drug-likeness (QED) is 0.815. The van der Waals surface area contributed by atoms with Crippen LogP contribution in [0.15, 0.2) is 24.3 Å². The first-order valence-corrected chi connectivity index (χ1v) is 5.21. The van der Waals surface area contributed by atoms with Crippen LogP contribution in [0, 0.1) is 0 Å². The number of aromatic carboxylic acids is 1. The van der Waals surface area contributed by atoms with Crippen molar-refractivity contribution in [3.05, 3.63) is 35.4 Å². The van der Waals surface area contributed by atoms with Crippen molar-refractivity contribution in [3.8, 4) is 0 Å². The summed E-state index contributed by atoms with van der Waals surface area (Å²) in [6, 6.07) is 1.24. The molecule has 0 unspecified atom stereocenters. The van der Waals surface area contributed by atoms with Crippen LogP contribution in [0.2, 0.25) is 0 Å². The second-order valence-electron chi connectivity index (χ2n) is 4.09. The van der Waals surface area contributed by atoms with Crippen LogP contribution in [0.3, 0.4) is 0 Å². The second kappa shape index (κ2) is 5.06. The van der Waals surface area contributed by atoms with Crippen molar-refractivity contribution in [2.24, 2.45) is 0 Å². The zero-order valence-corrected chi connectivity index (χ0v) is 10.1. The van der Waals surface area contributed by atoms with Crippen LogP contribution in [0.5, 0.6) is 0 Å². The third-order valence-electron chi connectivity index (χ3n) is 2.84. The Bertz CT molecular complexity index is 532. The maximum Gasteiger partial charge on any atom is 0.416 e. The van der Waals surface area contributed by atoms with Gasteiger partial charge in [0.25, 0.3) is 5.41 Å². The number of halogens is 9. The molecular weight excluding hydrogens is 335 g/mol. The topological polar surface area (TPSA) is 37.3 Å². The maximum atomic E-state index is 12.9. The summed E-state index contributed by atoms with van der Waals surface area (Å²) in [7, 11) is 0. The molecule has 0 aromatic heterocycles. The Hall–Kier alpha value is -1.94. The van der Waals surface area contributed by atoms with Gasteiger partial charge in [-0.1, -0.05) is 18.2 Å². The first-order chi connectivity index (χ1) is 9.68. The molecule has 0 heterocycles. The van der Waals surface area contributed by atoms with Gasteiger partial charge in [0.15, 0.2) is 0 Å². The fraction of sp³-hybridized carbons (Fsp3) is 0.364. The molecule has 0 saturated carbocycles. The molecule has 2 nitrogen and oxygen atoms in total. The van der Waals surface area contributed by atoms with E-state index >= 15 is 0 Å². The van der Waals surface area contributed by atoms with E-state index in [9.17, 15) is 44.3 Å². The van der Waals surface area contributed by atoms with E-state index in [0.29, 0.717) is 12.1 Å². The molecule has 1 N–H and O–H groups in total. The van der Waals surface area contributed by atoms with E-state index in [-0.39, 0.29) is 12.1 Å². The van der Waals surface area contributed by atoms with Crippen molar-refractivity contribution in [1.82, 2.24) is 0 Å². The largest absolute Gasteiger partial charge is 0.478 e. The van der Waals surface area contributed by atoms with Crippen molar-refractivity contribution in [3.63, 3.8) is 0 Å². The van der Waals surface area contributed by atoms with Crippen molar-refractivity contribution < 1.29 is 49.4 Å². The van der Waals surface area contributed by atoms with Crippen molar-refractivity contribution >= 4 is 5.97 Å². The highest BCUT2D eigenvalue weighted by Gasteiger charge is 2.84. The fourth-order valence-electron chi connectivity index (χ4n) is 1.94. The van der Waals surface area contributed by atoms with Crippen molar-refractivity contribution in [1.29, 1.82) is 0 Å². The number of hydrogen-bond donors (Lipinski definition) is 1. The summed E-state index contributed by atoms with van der Waals surface area (Å²) in [6.45, 7) is 0. The third-order valence-corrected chi connectivity index (χ3v) is 2.84. The number of carboxylic acid groups (broad SMARTS) is 1. The predicted octanol–water partition coefficient (Wildman–Crippen LogP) is 4.31. The average Bonchev–Trinajstić information content (AvgIpc) is 2.23. The van der Waals surface area contributed by atoms with E-state index in [1.807, 2.05) is 0 Å². The Morgan fingerprint density at radius 3 is 1.45 bits per heavy atom. The molecule has 22 heavy (non-hydrogen) atoms. The van der Waals surface area contributed by atoms with Crippen LogP contribution in [0.1, 0.15) is 15.9 Å². The molecule has 0 bridgehead atoms. The lowest BCUT2D eigenvalue weighted by Gasteiger charge is -2.39. The molecule has 0 amide bonds. The molecule has 0 atom stereocenters. The minimum atomic E-state index is -6.85. The van der Waals surface area contributed by atoms with Gasteiger partial charge in [0, 0.05) is 5.56 Å². The van der Waals surface area contributed by atoms with E-state index in [1.54, 1.807) is 0 Å². The van der Waals surface area contributed by atoms with Gasteiger partial charge in [0.1, 0.15) is 0 Å². The van der Waals surface area contributed by atoms with E-state index in [1.165, 1.54) is 0 Å². The number of benzene rings is 1. The number of alkyl halides is 9. The summed E-state index contributed by atoms with van der Waals surface area (Å²) < 4.78 is 116. The molecule has 0 fully saturated rings. The maximum absolute atomic E-state index is 12.9. The van der Waals surface area contributed by atoms with Crippen molar-refractivity contribution in [2.75, 3.05) is 0 Å². The Morgan fingerprint density at radius 2 is 1.14 bits per heavy atom. The van der Waals surface area contributed by atoms with Gasteiger partial charge in [-0.05, 0) is 6.07 Å².